The molecule has 0 unspecified atom stereocenters. The van der Waals surface area contributed by atoms with Crippen molar-refractivity contribution in [2.75, 3.05) is 0 Å². The summed E-state index contributed by atoms with van der Waals surface area (Å²) in [5.74, 6) is 1.52. The van der Waals surface area contributed by atoms with Gasteiger partial charge < -0.3 is 0 Å². The van der Waals surface area contributed by atoms with E-state index in [4.69, 9.17) is 13.3 Å². The summed E-state index contributed by atoms with van der Waals surface area (Å²) in [6.07, 6.45) is 0. The Bertz CT molecular complexity index is 496. The van der Waals surface area contributed by atoms with Crippen LogP contribution < -0.4 is 32.3 Å². The molecule has 0 aromatic heterocycles. The zero-order chi connectivity index (χ0) is 16.1. The van der Waals surface area contributed by atoms with Crippen molar-refractivity contribution in [3.05, 3.63) is 37.6 Å². The molecule has 2 aliphatic heterocycles. The molecule has 0 radical (unpaired) electrons. The highest BCUT2D eigenvalue weighted by molar-refractivity contribution is 7.90. The summed E-state index contributed by atoms with van der Waals surface area (Å²) in [4.78, 5) is 0. The van der Waals surface area contributed by atoms with Crippen LogP contribution >= 0.6 is 14.5 Å². The van der Waals surface area contributed by atoms with E-state index in [1.807, 2.05) is 0 Å². The van der Waals surface area contributed by atoms with E-state index in [0.717, 1.165) is 0 Å². The van der Waals surface area contributed by atoms with E-state index in [1.165, 1.54) is 10.6 Å². The lowest BCUT2D eigenvalue weighted by molar-refractivity contribution is 0.567. The van der Waals surface area contributed by atoms with Gasteiger partial charge in [0.1, 0.15) is 33.7 Å². The molecule has 0 aliphatic carbocycles. The first-order valence-electron chi connectivity index (χ1n) is 7.90. The molecule has 22 heavy (non-hydrogen) atoms. The number of rotatable bonds is 2. The Labute approximate surface area is 135 Å². The lowest BCUT2D eigenvalue weighted by atomic mass is 10.4. The molecule has 0 amide bonds. The molecule has 122 valence electrons. The van der Waals surface area contributed by atoms with Gasteiger partial charge in [0.05, 0.1) is 0 Å². The largest absolute Gasteiger partial charge is 0.220 e. The lowest BCUT2D eigenvalue weighted by Gasteiger charge is -2.39. The third kappa shape index (κ3) is 2.20. The summed E-state index contributed by atoms with van der Waals surface area (Å²) in [5, 5.41) is 2.89. The van der Waals surface area contributed by atoms with Crippen molar-refractivity contribution in [3.63, 3.8) is 0 Å². The first-order chi connectivity index (χ1) is 10.3. The third-order valence-electron chi connectivity index (χ3n) is 5.55. The minimum absolute atomic E-state index is 0.379. The van der Waals surface area contributed by atoms with Gasteiger partial charge in [-0.05, 0) is 54.4 Å². The molecule has 2 saturated heterocycles. The number of benzene rings is 1. The topological polar surface area (TPSA) is 48.1 Å². The van der Waals surface area contributed by atoms with Crippen LogP contribution in [0.3, 0.4) is 0 Å². The molecule has 0 spiro atoms. The van der Waals surface area contributed by atoms with Crippen LogP contribution in [-0.2, 0) is 0 Å². The van der Waals surface area contributed by atoms with Crippen LogP contribution in [0.25, 0.3) is 0 Å². The van der Waals surface area contributed by atoms with Crippen LogP contribution in [0.1, 0.15) is 27.7 Å². The Morgan fingerprint density at radius 1 is 0.682 bits per heavy atom. The van der Waals surface area contributed by atoms with Crippen molar-refractivity contribution in [1.82, 2.24) is 21.7 Å². The van der Waals surface area contributed by atoms with Crippen molar-refractivity contribution in [2.24, 2.45) is 0 Å². The summed E-state index contributed by atoms with van der Waals surface area (Å²) in [5.41, 5.74) is 13.6. The SMILES string of the molecule is [CH2-][P+]1(c2ccccc2[P+]2([CH2-])[C@H](C)NN[C@H]2C)[C@H](C)NN[C@H]1C. The van der Waals surface area contributed by atoms with Gasteiger partial charge in [-0.3, -0.25) is 0 Å². The van der Waals surface area contributed by atoms with Gasteiger partial charge in [-0.25, -0.2) is 21.7 Å². The van der Waals surface area contributed by atoms with Gasteiger partial charge in [-0.15, -0.1) is 0 Å². The van der Waals surface area contributed by atoms with Crippen molar-refractivity contribution < 1.29 is 0 Å². The molecule has 4 nitrogen and oxygen atoms in total. The molecule has 0 bridgehead atoms. The predicted molar refractivity (Wildman–Crippen MR) is 101 cm³/mol. The van der Waals surface area contributed by atoms with Crippen molar-refractivity contribution >= 4 is 25.1 Å². The number of hydrazine groups is 2. The van der Waals surface area contributed by atoms with Gasteiger partial charge in [0.25, 0.3) is 0 Å². The molecule has 1 aromatic carbocycles. The molecule has 2 fully saturated rings. The Balaban J connectivity index is 2.16. The molecular weight excluding hydrogens is 310 g/mol. The third-order valence-corrected chi connectivity index (χ3v) is 14.3. The summed E-state index contributed by atoms with van der Waals surface area (Å²) in [7, 11) is -3.16. The normalized spacial score (nSPS) is 36.6. The summed E-state index contributed by atoms with van der Waals surface area (Å²) >= 11 is 0. The predicted octanol–water partition coefficient (Wildman–Crippen LogP) is 2.16. The van der Waals surface area contributed by atoms with Crippen LogP contribution in [-0.4, -0.2) is 23.1 Å². The molecule has 1 aromatic rings. The summed E-state index contributed by atoms with van der Waals surface area (Å²) in [6, 6.07) is 8.90. The lowest BCUT2D eigenvalue weighted by Crippen LogP contribution is -2.38. The van der Waals surface area contributed by atoms with Crippen LogP contribution in [0.4, 0.5) is 0 Å². The molecule has 4 N–H and O–H groups in total. The minimum atomic E-state index is -1.58. The molecule has 2 aliphatic rings. The second-order valence-corrected chi connectivity index (χ2v) is 14.4. The Morgan fingerprint density at radius 2 is 0.955 bits per heavy atom. The van der Waals surface area contributed by atoms with E-state index in [2.05, 4.69) is 73.7 Å². The molecule has 4 atom stereocenters. The van der Waals surface area contributed by atoms with E-state index >= 15 is 0 Å². The second kappa shape index (κ2) is 5.77. The maximum atomic E-state index is 4.75. The number of hydrogen-bond donors (Lipinski definition) is 4. The summed E-state index contributed by atoms with van der Waals surface area (Å²) in [6.45, 7) is 18.5. The van der Waals surface area contributed by atoms with E-state index in [1.54, 1.807) is 0 Å². The first-order valence-corrected chi connectivity index (χ1v) is 12.1. The van der Waals surface area contributed by atoms with Crippen LogP contribution in [0, 0.1) is 13.3 Å². The smallest absolute Gasteiger partial charge is 0.108 e. The fourth-order valence-corrected chi connectivity index (χ4v) is 10.7. The van der Waals surface area contributed by atoms with Gasteiger partial charge >= 0.3 is 0 Å². The van der Waals surface area contributed by atoms with Gasteiger partial charge in [-0.1, -0.05) is 12.1 Å². The van der Waals surface area contributed by atoms with Crippen LogP contribution in [0.15, 0.2) is 24.3 Å². The fourth-order valence-electron chi connectivity index (χ4n) is 3.62. The van der Waals surface area contributed by atoms with Crippen LogP contribution in [0.5, 0.6) is 0 Å². The average Bonchev–Trinajstić information content (AvgIpc) is 2.94. The average molecular weight is 338 g/mol. The minimum Gasteiger partial charge on any atom is -0.220 e. The van der Waals surface area contributed by atoms with Crippen LogP contribution in [0.2, 0.25) is 0 Å². The van der Waals surface area contributed by atoms with Gasteiger partial charge in [0, 0.05) is 0 Å². The first kappa shape index (κ1) is 16.8. The number of hydrogen-bond acceptors (Lipinski definition) is 4. The Hall–Kier alpha value is -0.0800. The highest BCUT2D eigenvalue weighted by atomic mass is 31.2. The van der Waals surface area contributed by atoms with E-state index < -0.39 is 14.5 Å². The summed E-state index contributed by atoms with van der Waals surface area (Å²) < 4.78 is 0. The van der Waals surface area contributed by atoms with Gasteiger partial charge in [0.2, 0.25) is 0 Å². The molecule has 2 heterocycles. The number of nitrogens with one attached hydrogen (secondary N) is 4. The standard InChI is InChI=1S/C16H28N4P2/c1-11-17-18-12(2)21(11,5)15-9-7-8-10-16(15)22(6)13(3)19-20-14(22)4/h7-14,17-20H,5-6H2,1-4H3/t11-,12-,13-,14-/m1/s1. The van der Waals surface area contributed by atoms with Crippen molar-refractivity contribution in [2.45, 2.75) is 50.8 Å². The van der Waals surface area contributed by atoms with Crippen molar-refractivity contribution in [1.29, 1.82) is 0 Å². The fraction of sp³-hybridized carbons (Fsp3) is 0.500. The molecule has 0 saturated carbocycles. The molecular formula is C16H28N4P2. The highest BCUT2D eigenvalue weighted by Crippen LogP contribution is 2.70. The maximum Gasteiger partial charge on any atom is 0.108 e. The van der Waals surface area contributed by atoms with Crippen molar-refractivity contribution in [3.8, 4) is 0 Å². The van der Waals surface area contributed by atoms with E-state index in [9.17, 15) is 0 Å². The van der Waals surface area contributed by atoms with Gasteiger partial charge in [-0.2, -0.15) is 13.3 Å². The molecule has 6 heteroatoms. The van der Waals surface area contributed by atoms with E-state index in [-0.39, 0.29) is 0 Å². The highest BCUT2D eigenvalue weighted by Gasteiger charge is 2.52. The molecule has 3 rings (SSSR count). The zero-order valence-electron chi connectivity index (χ0n) is 13.9. The quantitative estimate of drug-likeness (QED) is 0.493. The maximum absolute atomic E-state index is 4.75. The Morgan fingerprint density at radius 3 is 1.23 bits per heavy atom. The second-order valence-electron chi connectivity index (χ2n) is 6.63. The van der Waals surface area contributed by atoms with E-state index in [0.29, 0.717) is 23.1 Å². The monoisotopic (exact) mass is 338 g/mol. The van der Waals surface area contributed by atoms with Gasteiger partial charge in [0.15, 0.2) is 0 Å². The Kier molecular flexibility index (Phi) is 4.40. The zero-order valence-corrected chi connectivity index (χ0v) is 15.7.